The Morgan fingerprint density at radius 1 is 1.39 bits per heavy atom. The fourth-order valence-electron chi connectivity index (χ4n) is 2.51. The van der Waals surface area contributed by atoms with Crippen LogP contribution in [0.4, 0.5) is 0 Å². The lowest BCUT2D eigenvalue weighted by atomic mass is 10.1. The summed E-state index contributed by atoms with van der Waals surface area (Å²) in [6.45, 7) is 0.463. The number of rotatable bonds is 4. The van der Waals surface area contributed by atoms with Crippen molar-refractivity contribution in [1.29, 1.82) is 0 Å². The Bertz CT molecular complexity index is 761. The predicted octanol–water partition coefficient (Wildman–Crippen LogP) is 4.00. The molecule has 1 aromatic carbocycles. The van der Waals surface area contributed by atoms with E-state index in [1.165, 1.54) is 0 Å². The van der Waals surface area contributed by atoms with Gasteiger partial charge in [0.15, 0.2) is 5.70 Å². The molecule has 2 N–H and O–H groups in total. The topological polar surface area (TPSA) is 52.6 Å². The fourth-order valence-corrected chi connectivity index (χ4v) is 3.60. The van der Waals surface area contributed by atoms with Crippen molar-refractivity contribution in [2.75, 3.05) is 0 Å². The molecule has 0 amide bonds. The quantitative estimate of drug-likeness (QED) is 0.695. The third kappa shape index (κ3) is 3.30. The first-order valence-electron chi connectivity index (χ1n) is 7.06. The van der Waals surface area contributed by atoms with Crippen molar-refractivity contribution in [3.8, 4) is 0 Å². The van der Waals surface area contributed by atoms with E-state index in [2.05, 4.69) is 27.9 Å². The molecular weight excluding hydrogens is 427 g/mol. The van der Waals surface area contributed by atoms with Gasteiger partial charge in [-0.2, -0.15) is 0 Å². The van der Waals surface area contributed by atoms with Gasteiger partial charge in [0.1, 0.15) is 0 Å². The van der Waals surface area contributed by atoms with E-state index in [0.717, 1.165) is 21.3 Å². The Balaban J connectivity index is 1.90. The molecule has 0 atom stereocenters. The highest BCUT2D eigenvalue weighted by molar-refractivity contribution is 14.1. The van der Waals surface area contributed by atoms with Crippen molar-refractivity contribution in [3.05, 3.63) is 80.0 Å². The second-order valence-corrected chi connectivity index (χ2v) is 6.64. The van der Waals surface area contributed by atoms with Crippen LogP contribution in [-0.4, -0.2) is 16.0 Å². The summed E-state index contributed by atoms with van der Waals surface area (Å²) in [4.78, 5) is 13.4. The largest absolute Gasteiger partial charge is 0.476 e. The van der Waals surface area contributed by atoms with Crippen LogP contribution in [0.25, 0.3) is 0 Å². The minimum Gasteiger partial charge on any atom is -0.476 e. The van der Waals surface area contributed by atoms with Gasteiger partial charge in [0.2, 0.25) is 0 Å². The summed E-state index contributed by atoms with van der Waals surface area (Å²) in [5, 5.41) is 13.5. The second-order valence-electron chi connectivity index (χ2n) is 5.07. The van der Waals surface area contributed by atoms with Gasteiger partial charge in [-0.1, -0.05) is 29.8 Å². The third-order valence-electron chi connectivity index (χ3n) is 3.63. The molecule has 0 unspecified atom stereocenters. The molecule has 2 aliphatic rings. The summed E-state index contributed by atoms with van der Waals surface area (Å²) in [6.07, 6.45) is 10.2. The Labute approximate surface area is 153 Å². The highest BCUT2D eigenvalue weighted by Gasteiger charge is 2.25. The van der Waals surface area contributed by atoms with Crippen molar-refractivity contribution in [1.82, 2.24) is 10.2 Å². The number of carboxylic acid groups (broad SMARTS) is 1. The smallest absolute Gasteiger partial charge is 0.355 e. The third-order valence-corrected chi connectivity index (χ3v) is 5.00. The van der Waals surface area contributed by atoms with Crippen molar-refractivity contribution in [2.24, 2.45) is 0 Å². The number of hydrogen-bond donors (Lipinski definition) is 2. The Hall–Kier alpha value is -1.73. The van der Waals surface area contributed by atoms with Crippen LogP contribution < -0.4 is 5.32 Å². The van der Waals surface area contributed by atoms with Gasteiger partial charge in [0.25, 0.3) is 0 Å². The van der Waals surface area contributed by atoms with Gasteiger partial charge in [0, 0.05) is 32.6 Å². The van der Waals surface area contributed by atoms with Crippen LogP contribution in [0.1, 0.15) is 12.0 Å². The predicted molar refractivity (Wildman–Crippen MR) is 98.5 cm³/mol. The molecule has 6 heteroatoms. The molecule has 1 aromatic rings. The van der Waals surface area contributed by atoms with Crippen LogP contribution in [0.15, 0.2) is 65.8 Å². The first kappa shape index (κ1) is 16.1. The average Bonchev–Trinajstić information content (AvgIpc) is 2.53. The summed E-state index contributed by atoms with van der Waals surface area (Å²) < 4.78 is 1.04. The molecule has 0 bridgehead atoms. The lowest BCUT2D eigenvalue weighted by molar-refractivity contribution is -0.134. The molecule has 0 saturated heterocycles. The van der Waals surface area contributed by atoms with E-state index in [4.69, 9.17) is 11.6 Å². The van der Waals surface area contributed by atoms with Gasteiger partial charge in [0.05, 0.1) is 5.70 Å². The Morgan fingerprint density at radius 2 is 2.22 bits per heavy atom. The van der Waals surface area contributed by atoms with Gasteiger partial charge in [-0.25, -0.2) is 4.79 Å². The number of nitrogens with one attached hydrogen (secondary N) is 1. The van der Waals surface area contributed by atoms with Crippen LogP contribution in [0.3, 0.4) is 0 Å². The molecule has 0 spiro atoms. The zero-order valence-electron chi connectivity index (χ0n) is 12.1. The van der Waals surface area contributed by atoms with Crippen molar-refractivity contribution >= 4 is 40.2 Å². The minimum absolute atomic E-state index is 0.219. The van der Waals surface area contributed by atoms with Gasteiger partial charge >= 0.3 is 5.97 Å². The van der Waals surface area contributed by atoms with Crippen molar-refractivity contribution < 1.29 is 9.90 Å². The van der Waals surface area contributed by atoms with E-state index in [9.17, 15) is 9.90 Å². The zero-order chi connectivity index (χ0) is 16.4. The standard InChI is InChI=1S/C17H14ClIN2O2/c18-13-5-3-6-14(19)12(13)10-20-15-8-7-11-4-1-2-9-21(11)16(15)17(22)23/h2-9,20H,1,10H2,(H,22,23). The first-order chi connectivity index (χ1) is 11.1. The molecular formula is C17H14ClIN2O2. The molecule has 23 heavy (non-hydrogen) atoms. The number of allylic oxidation sites excluding steroid dienone is 4. The monoisotopic (exact) mass is 440 g/mol. The Morgan fingerprint density at radius 3 is 2.96 bits per heavy atom. The number of benzene rings is 1. The van der Waals surface area contributed by atoms with Gasteiger partial charge in [-0.3, -0.25) is 0 Å². The summed E-state index contributed by atoms with van der Waals surface area (Å²) in [7, 11) is 0. The highest BCUT2D eigenvalue weighted by Crippen LogP contribution is 2.28. The van der Waals surface area contributed by atoms with Crippen LogP contribution in [0.2, 0.25) is 5.02 Å². The first-order valence-corrected chi connectivity index (χ1v) is 8.52. The van der Waals surface area contributed by atoms with Crippen LogP contribution in [-0.2, 0) is 11.3 Å². The summed E-state index contributed by atoms with van der Waals surface area (Å²) in [5.41, 5.74) is 2.62. The molecule has 0 radical (unpaired) electrons. The summed E-state index contributed by atoms with van der Waals surface area (Å²) in [5.74, 6) is -0.969. The second kappa shape index (κ2) is 6.80. The summed E-state index contributed by atoms with van der Waals surface area (Å²) >= 11 is 8.45. The van der Waals surface area contributed by atoms with E-state index in [0.29, 0.717) is 17.3 Å². The minimum atomic E-state index is -0.969. The Kier molecular flexibility index (Phi) is 4.77. The number of nitrogens with zero attached hydrogens (tertiary/aromatic N) is 1. The fraction of sp³-hybridized carbons (Fsp3) is 0.118. The molecule has 3 rings (SSSR count). The molecule has 0 fully saturated rings. The van der Waals surface area contributed by atoms with Crippen molar-refractivity contribution in [2.45, 2.75) is 13.0 Å². The van der Waals surface area contributed by atoms with E-state index >= 15 is 0 Å². The van der Waals surface area contributed by atoms with Crippen LogP contribution >= 0.6 is 34.2 Å². The molecule has 0 saturated carbocycles. The summed E-state index contributed by atoms with van der Waals surface area (Å²) in [6, 6.07) is 5.70. The molecule has 2 heterocycles. The molecule has 118 valence electrons. The number of fused-ring (bicyclic) bond motifs is 1. The van der Waals surface area contributed by atoms with Crippen LogP contribution in [0.5, 0.6) is 0 Å². The van der Waals surface area contributed by atoms with Gasteiger partial charge in [-0.15, -0.1) is 0 Å². The number of hydrogen-bond acceptors (Lipinski definition) is 3. The molecule has 0 aliphatic carbocycles. The SMILES string of the molecule is O=C(O)C1=C(NCc2c(Cl)cccc2I)C=CC2=CCC=CN21. The van der Waals surface area contributed by atoms with Crippen LogP contribution in [0, 0.1) is 3.57 Å². The number of carbonyl (C=O) groups is 1. The molecule has 0 aromatic heterocycles. The number of carboxylic acids is 1. The highest BCUT2D eigenvalue weighted by atomic mass is 127. The normalized spacial score (nSPS) is 16.3. The van der Waals surface area contributed by atoms with E-state index in [-0.39, 0.29) is 5.70 Å². The number of aliphatic carboxylic acids is 1. The maximum absolute atomic E-state index is 11.7. The van der Waals surface area contributed by atoms with Gasteiger partial charge in [-0.05, 0) is 53.3 Å². The maximum Gasteiger partial charge on any atom is 0.355 e. The lowest BCUT2D eigenvalue weighted by Gasteiger charge is -2.29. The van der Waals surface area contributed by atoms with Crippen molar-refractivity contribution in [3.63, 3.8) is 0 Å². The lowest BCUT2D eigenvalue weighted by Crippen LogP contribution is -2.30. The molecule has 2 aliphatic heterocycles. The van der Waals surface area contributed by atoms with E-state index in [1.54, 1.807) is 17.2 Å². The zero-order valence-corrected chi connectivity index (χ0v) is 15.0. The average molecular weight is 441 g/mol. The maximum atomic E-state index is 11.7. The van der Waals surface area contributed by atoms with E-state index < -0.39 is 5.97 Å². The van der Waals surface area contributed by atoms with Gasteiger partial charge < -0.3 is 15.3 Å². The molecule has 4 nitrogen and oxygen atoms in total. The number of halogens is 2. The van der Waals surface area contributed by atoms with E-state index in [1.807, 2.05) is 36.4 Å².